The molecule has 1 saturated heterocycles. The van der Waals surface area contributed by atoms with Crippen LogP contribution in [-0.4, -0.2) is 24.2 Å². The molecule has 0 unspecified atom stereocenters. The number of halogens is 2. The van der Waals surface area contributed by atoms with Gasteiger partial charge in [0.2, 0.25) is 0 Å². The third kappa shape index (κ3) is 3.40. The van der Waals surface area contributed by atoms with Gasteiger partial charge in [-0.05, 0) is 36.6 Å². The van der Waals surface area contributed by atoms with E-state index in [1.54, 1.807) is 6.07 Å². The van der Waals surface area contributed by atoms with Gasteiger partial charge in [0.1, 0.15) is 17.2 Å². The van der Waals surface area contributed by atoms with E-state index in [1.165, 1.54) is 12.3 Å². The lowest BCUT2D eigenvalue weighted by Gasteiger charge is -2.34. The molecule has 1 aliphatic heterocycles. The molecule has 2 aromatic carbocycles. The van der Waals surface area contributed by atoms with E-state index in [1.807, 2.05) is 18.2 Å². The molecule has 0 bridgehead atoms. The largest absolute Gasteiger partial charge is 0.373 e. The molecule has 1 aromatic heterocycles. The van der Waals surface area contributed by atoms with Gasteiger partial charge < -0.3 is 9.64 Å². The Bertz CT molecular complexity index is 893. The molecule has 4 rings (SSSR count). The lowest BCUT2D eigenvalue weighted by Crippen LogP contribution is -2.37. The molecule has 0 amide bonds. The zero-order valence-electron chi connectivity index (χ0n) is 14.4. The second-order valence-corrected chi connectivity index (χ2v) is 6.57. The van der Waals surface area contributed by atoms with E-state index in [0.717, 1.165) is 37.6 Å². The molecule has 1 fully saturated rings. The molecule has 2 heterocycles. The summed E-state index contributed by atoms with van der Waals surface area (Å²) in [6, 6.07) is 14.1. The van der Waals surface area contributed by atoms with Crippen LogP contribution in [0, 0.1) is 11.6 Å². The fourth-order valence-electron chi connectivity index (χ4n) is 3.49. The van der Waals surface area contributed by atoms with E-state index >= 15 is 0 Å². The van der Waals surface area contributed by atoms with Gasteiger partial charge in [-0.25, -0.2) is 8.78 Å². The SMILES string of the molecule is Fc1ccc(F)c2c(N3CCC(OCc4ccccc4)CC3)ccnc12. The molecule has 0 radical (unpaired) electrons. The van der Waals surface area contributed by atoms with E-state index in [0.29, 0.717) is 12.3 Å². The standard InChI is InChI=1S/C21H20F2N2O/c22-17-6-7-18(23)21-20(17)19(8-11-24-21)25-12-9-16(10-13-25)26-14-15-4-2-1-3-5-15/h1-8,11,16H,9-10,12-14H2. The third-order valence-corrected chi connectivity index (χ3v) is 4.88. The number of anilines is 1. The Kier molecular flexibility index (Phi) is 4.80. The van der Waals surface area contributed by atoms with Crippen molar-refractivity contribution in [3.05, 3.63) is 71.9 Å². The fourth-order valence-corrected chi connectivity index (χ4v) is 3.49. The van der Waals surface area contributed by atoms with Gasteiger partial charge >= 0.3 is 0 Å². The first-order valence-corrected chi connectivity index (χ1v) is 8.85. The highest BCUT2D eigenvalue weighted by Crippen LogP contribution is 2.31. The number of pyridine rings is 1. The number of nitrogens with zero attached hydrogens (tertiary/aromatic N) is 2. The molecule has 0 N–H and O–H groups in total. The second-order valence-electron chi connectivity index (χ2n) is 6.57. The monoisotopic (exact) mass is 354 g/mol. The van der Waals surface area contributed by atoms with Gasteiger partial charge in [-0.1, -0.05) is 30.3 Å². The minimum atomic E-state index is -0.496. The summed E-state index contributed by atoms with van der Waals surface area (Å²) >= 11 is 0. The van der Waals surface area contributed by atoms with Crippen molar-refractivity contribution in [2.24, 2.45) is 0 Å². The lowest BCUT2D eigenvalue weighted by atomic mass is 10.0. The van der Waals surface area contributed by atoms with E-state index in [-0.39, 0.29) is 17.0 Å². The highest BCUT2D eigenvalue weighted by Gasteiger charge is 2.23. The summed E-state index contributed by atoms with van der Waals surface area (Å²) in [7, 11) is 0. The van der Waals surface area contributed by atoms with Crippen molar-refractivity contribution in [2.75, 3.05) is 18.0 Å². The smallest absolute Gasteiger partial charge is 0.149 e. The maximum Gasteiger partial charge on any atom is 0.149 e. The Morgan fingerprint density at radius 3 is 2.46 bits per heavy atom. The van der Waals surface area contributed by atoms with Gasteiger partial charge in [-0.15, -0.1) is 0 Å². The predicted molar refractivity (Wildman–Crippen MR) is 98.1 cm³/mol. The topological polar surface area (TPSA) is 25.4 Å². The second kappa shape index (κ2) is 7.38. The number of piperidine rings is 1. The van der Waals surface area contributed by atoms with Gasteiger partial charge in [0.05, 0.1) is 23.8 Å². The number of rotatable bonds is 4. The fraction of sp³-hybridized carbons (Fsp3) is 0.286. The average molecular weight is 354 g/mol. The summed E-state index contributed by atoms with van der Waals surface area (Å²) in [6.45, 7) is 2.09. The van der Waals surface area contributed by atoms with Crippen molar-refractivity contribution in [1.82, 2.24) is 4.98 Å². The Labute approximate surface area is 151 Å². The summed E-state index contributed by atoms with van der Waals surface area (Å²) in [5.41, 5.74) is 1.95. The average Bonchev–Trinajstić information content (AvgIpc) is 2.70. The molecule has 0 aliphatic carbocycles. The normalized spacial score (nSPS) is 15.5. The lowest BCUT2D eigenvalue weighted by molar-refractivity contribution is 0.0251. The van der Waals surface area contributed by atoms with Gasteiger partial charge in [0, 0.05) is 19.3 Å². The Morgan fingerprint density at radius 2 is 1.69 bits per heavy atom. The van der Waals surface area contributed by atoms with E-state index in [4.69, 9.17) is 4.74 Å². The number of aromatic nitrogens is 1. The van der Waals surface area contributed by atoms with Crippen molar-refractivity contribution in [3.8, 4) is 0 Å². The molecular weight excluding hydrogens is 334 g/mol. The first-order valence-electron chi connectivity index (χ1n) is 8.85. The number of hydrogen-bond donors (Lipinski definition) is 0. The van der Waals surface area contributed by atoms with E-state index < -0.39 is 11.6 Å². The third-order valence-electron chi connectivity index (χ3n) is 4.88. The molecule has 3 aromatic rings. The van der Waals surface area contributed by atoms with Crippen LogP contribution in [0.15, 0.2) is 54.7 Å². The van der Waals surface area contributed by atoms with Crippen LogP contribution in [0.2, 0.25) is 0 Å². The van der Waals surface area contributed by atoms with Crippen molar-refractivity contribution < 1.29 is 13.5 Å². The van der Waals surface area contributed by atoms with Crippen LogP contribution in [0.3, 0.4) is 0 Å². The predicted octanol–water partition coefficient (Wildman–Crippen LogP) is 4.70. The van der Waals surface area contributed by atoms with Crippen LogP contribution >= 0.6 is 0 Å². The molecule has 1 aliphatic rings. The zero-order valence-corrected chi connectivity index (χ0v) is 14.4. The molecular formula is C21H20F2N2O. The first kappa shape index (κ1) is 16.9. The van der Waals surface area contributed by atoms with Crippen molar-refractivity contribution >= 4 is 16.6 Å². The number of hydrogen-bond acceptors (Lipinski definition) is 3. The van der Waals surface area contributed by atoms with Crippen molar-refractivity contribution in [1.29, 1.82) is 0 Å². The number of fused-ring (bicyclic) bond motifs is 1. The molecule has 5 heteroatoms. The minimum Gasteiger partial charge on any atom is -0.373 e. The summed E-state index contributed by atoms with van der Waals surface area (Å²) in [6.07, 6.45) is 3.43. The minimum absolute atomic E-state index is 0.0879. The highest BCUT2D eigenvalue weighted by atomic mass is 19.1. The van der Waals surface area contributed by atoms with E-state index in [9.17, 15) is 8.78 Å². The van der Waals surface area contributed by atoms with Gasteiger partial charge in [0.25, 0.3) is 0 Å². The molecule has 0 atom stereocenters. The van der Waals surface area contributed by atoms with Gasteiger partial charge in [-0.2, -0.15) is 0 Å². The molecule has 0 saturated carbocycles. The Balaban J connectivity index is 1.45. The van der Waals surface area contributed by atoms with Crippen molar-refractivity contribution in [2.45, 2.75) is 25.6 Å². The summed E-state index contributed by atoms with van der Waals surface area (Å²) in [4.78, 5) is 6.10. The van der Waals surface area contributed by atoms with Crippen LogP contribution in [0.5, 0.6) is 0 Å². The summed E-state index contributed by atoms with van der Waals surface area (Å²) in [5, 5.41) is 0.260. The Morgan fingerprint density at radius 1 is 0.962 bits per heavy atom. The van der Waals surface area contributed by atoms with Crippen molar-refractivity contribution in [3.63, 3.8) is 0 Å². The maximum absolute atomic E-state index is 14.3. The summed E-state index contributed by atoms with van der Waals surface area (Å²) in [5.74, 6) is -0.934. The molecule has 134 valence electrons. The molecule has 26 heavy (non-hydrogen) atoms. The first-order chi connectivity index (χ1) is 12.7. The van der Waals surface area contributed by atoms with Crippen LogP contribution < -0.4 is 4.90 Å². The molecule has 3 nitrogen and oxygen atoms in total. The van der Waals surface area contributed by atoms with Crippen LogP contribution in [-0.2, 0) is 11.3 Å². The number of benzene rings is 2. The highest BCUT2D eigenvalue weighted by molar-refractivity contribution is 5.92. The van der Waals surface area contributed by atoms with Crippen LogP contribution in [0.4, 0.5) is 14.5 Å². The summed E-state index contributed by atoms with van der Waals surface area (Å²) < 4.78 is 34.3. The molecule has 0 spiro atoms. The van der Waals surface area contributed by atoms with Crippen LogP contribution in [0.25, 0.3) is 10.9 Å². The van der Waals surface area contributed by atoms with Gasteiger partial charge in [-0.3, -0.25) is 4.98 Å². The van der Waals surface area contributed by atoms with Crippen LogP contribution in [0.1, 0.15) is 18.4 Å². The van der Waals surface area contributed by atoms with E-state index in [2.05, 4.69) is 22.0 Å². The quantitative estimate of drug-likeness (QED) is 0.679. The number of ether oxygens (including phenoxy) is 1. The zero-order chi connectivity index (χ0) is 17.9. The van der Waals surface area contributed by atoms with Gasteiger partial charge in [0.15, 0.2) is 0 Å². The Hall–Kier alpha value is -2.53. The maximum atomic E-state index is 14.3.